The summed E-state index contributed by atoms with van der Waals surface area (Å²) in [6.45, 7) is 9.41. The summed E-state index contributed by atoms with van der Waals surface area (Å²) < 4.78 is 25.3. The normalized spacial score (nSPS) is 9.31. The number of methoxy groups -OCH3 is 4. The van der Waals surface area contributed by atoms with Crippen LogP contribution in [0.25, 0.3) is 0 Å². The molecule has 0 amide bonds. The van der Waals surface area contributed by atoms with E-state index in [0.717, 1.165) is 44.6 Å². The number of ketones is 2. The van der Waals surface area contributed by atoms with E-state index in [9.17, 15) is 14.4 Å². The van der Waals surface area contributed by atoms with E-state index in [-0.39, 0.29) is 59.3 Å². The third-order valence-electron chi connectivity index (χ3n) is 4.57. The maximum Gasteiger partial charge on any atom is 0.330 e. The number of esters is 1. The molecule has 0 bridgehead atoms. The average molecular weight is 571 g/mol. The molecule has 0 aliphatic carbocycles. The monoisotopic (exact) mass is 570 g/mol. The number of hydrogen-bond donors (Lipinski definition) is 1. The lowest BCUT2D eigenvalue weighted by Crippen LogP contribution is -2.40. The summed E-state index contributed by atoms with van der Waals surface area (Å²) in [6, 6.07) is 0. The zero-order chi connectivity index (χ0) is 27.4. The molecule has 0 aliphatic heterocycles. The number of ether oxygens (including phenoxy) is 5. The lowest BCUT2D eigenvalue weighted by Gasteiger charge is -2.30. The number of unbranched alkanes of at least 4 members (excludes halogenated alkanes) is 4. The highest BCUT2D eigenvalue weighted by atomic mass is 16.5. The number of Topliss-reactive ketones (excluding diaryl/α,β-unsaturated/α-hetero) is 2. The first-order valence-corrected chi connectivity index (χ1v) is 12.0. The highest BCUT2D eigenvalue weighted by Crippen LogP contribution is 2.19. The quantitative estimate of drug-likeness (QED) is 0.105. The summed E-state index contributed by atoms with van der Waals surface area (Å²) in [5, 5.41) is 8.35. The van der Waals surface area contributed by atoms with Crippen molar-refractivity contribution in [2.24, 2.45) is 5.41 Å². The fourth-order valence-corrected chi connectivity index (χ4v) is 3.02. The van der Waals surface area contributed by atoms with Gasteiger partial charge in [-0.2, -0.15) is 0 Å². The number of aliphatic hydroxyl groups is 1. The minimum atomic E-state index is -0.383. The lowest BCUT2D eigenvalue weighted by molar-refractivity contribution is -0.137. The molecule has 0 aromatic rings. The molecular formula is C30H66O9. The van der Waals surface area contributed by atoms with Crippen LogP contribution in [-0.2, 0) is 38.1 Å². The van der Waals surface area contributed by atoms with Gasteiger partial charge in [-0.1, -0.05) is 42.7 Å². The van der Waals surface area contributed by atoms with Crippen LogP contribution < -0.4 is 0 Å². The Bertz CT molecular complexity index is 493. The number of carbonyl (C=O) groups excluding carboxylic acids is 3. The third-order valence-corrected chi connectivity index (χ3v) is 4.57. The molecule has 0 atom stereocenters. The minimum Gasteiger partial charge on any atom is -0.463 e. The second-order valence-electron chi connectivity index (χ2n) is 8.35. The van der Waals surface area contributed by atoms with Gasteiger partial charge in [0.1, 0.15) is 11.6 Å². The number of rotatable bonds is 20. The molecule has 0 rings (SSSR count). The van der Waals surface area contributed by atoms with Crippen LogP contribution in [0.4, 0.5) is 0 Å². The molecule has 0 fully saturated rings. The Morgan fingerprint density at radius 2 is 1.03 bits per heavy atom. The molecule has 0 radical (unpaired) electrons. The summed E-state index contributed by atoms with van der Waals surface area (Å²) in [5.41, 5.74) is -0.188. The lowest BCUT2D eigenvalue weighted by atomic mass is 9.92. The van der Waals surface area contributed by atoms with Crippen LogP contribution >= 0.6 is 0 Å². The third kappa shape index (κ3) is 43.6. The Hall–Kier alpha value is -1.65. The summed E-state index contributed by atoms with van der Waals surface area (Å²) >= 11 is 0. The molecule has 0 aliphatic rings. The van der Waals surface area contributed by atoms with Gasteiger partial charge in [-0.25, -0.2) is 4.79 Å². The van der Waals surface area contributed by atoms with Crippen molar-refractivity contribution < 1.29 is 43.2 Å². The summed E-state index contributed by atoms with van der Waals surface area (Å²) in [6.07, 6.45) is 7.77. The fraction of sp³-hybridized carbons (Fsp3) is 0.833. The Kier molecular flexibility index (Phi) is 56.1. The zero-order valence-electron chi connectivity index (χ0n) is 22.9. The van der Waals surface area contributed by atoms with Gasteiger partial charge in [-0.15, -0.1) is 0 Å². The highest BCUT2D eigenvalue weighted by molar-refractivity contribution is 5.81. The number of hydrogen-bond acceptors (Lipinski definition) is 9. The fourth-order valence-electron chi connectivity index (χ4n) is 3.02. The molecule has 0 saturated heterocycles. The molecule has 1 N–H and O–H groups in total. The molecule has 0 aromatic heterocycles. The van der Waals surface area contributed by atoms with Crippen molar-refractivity contribution in [3.8, 4) is 0 Å². The van der Waals surface area contributed by atoms with E-state index in [0.29, 0.717) is 45.9 Å². The van der Waals surface area contributed by atoms with Crippen molar-refractivity contribution in [2.75, 3.05) is 68.1 Å². The molecule has 0 spiro atoms. The Morgan fingerprint density at radius 3 is 1.31 bits per heavy atom. The molecule has 9 nitrogen and oxygen atoms in total. The average Bonchev–Trinajstić information content (AvgIpc) is 2.80. The summed E-state index contributed by atoms with van der Waals surface area (Å²) in [7, 11) is 6.65. The molecular weight excluding hydrogens is 504 g/mol. The first-order valence-electron chi connectivity index (χ1n) is 12.0. The molecule has 39 heavy (non-hydrogen) atoms. The van der Waals surface area contributed by atoms with E-state index >= 15 is 0 Å². The molecule has 0 unspecified atom stereocenters. The largest absolute Gasteiger partial charge is 0.463 e. The van der Waals surface area contributed by atoms with Gasteiger partial charge in [0.05, 0.1) is 38.4 Å². The second kappa shape index (κ2) is 40.8. The number of carbonyl (C=O) groups is 3. The van der Waals surface area contributed by atoms with Gasteiger partial charge in [-0.3, -0.25) is 0 Å². The second-order valence-corrected chi connectivity index (χ2v) is 8.35. The van der Waals surface area contributed by atoms with Gasteiger partial charge in [0.2, 0.25) is 0 Å². The molecule has 9 heteroatoms. The van der Waals surface area contributed by atoms with Crippen molar-refractivity contribution in [2.45, 2.75) is 94.9 Å². The van der Waals surface area contributed by atoms with Crippen molar-refractivity contribution in [3.63, 3.8) is 0 Å². The summed E-state index contributed by atoms with van der Waals surface area (Å²) in [4.78, 5) is 31.4. The molecule has 0 aromatic carbocycles. The minimum absolute atomic E-state index is 0. The van der Waals surface area contributed by atoms with Crippen LogP contribution in [0.3, 0.4) is 0 Å². The van der Waals surface area contributed by atoms with Gasteiger partial charge in [0, 0.05) is 54.0 Å². The van der Waals surface area contributed by atoms with Crippen LogP contribution in [-0.4, -0.2) is 90.7 Å². The first kappa shape index (κ1) is 53.6. The maximum atomic E-state index is 10.6. The van der Waals surface area contributed by atoms with Crippen molar-refractivity contribution in [3.05, 3.63) is 12.7 Å². The standard InChI is InChI=1S/C10H16O3.C9H20O4.C7H14O2.4CH4/c1-3-10(12)13-8-6-4-5-7-9(2)11;1-10-5-9(6-11-2,7-12-3)8-13-4;1-7(9)5-3-2-4-6-8;;;;/h3H,1,4-8H2,2H3;5-8H2,1-4H3;8H,2-6H2,1H3;4*1H4. The van der Waals surface area contributed by atoms with Crippen LogP contribution in [0, 0.1) is 5.41 Å². The van der Waals surface area contributed by atoms with E-state index in [1.54, 1.807) is 42.3 Å². The van der Waals surface area contributed by atoms with Crippen LogP contribution in [0.1, 0.15) is 94.9 Å². The maximum absolute atomic E-state index is 10.6. The van der Waals surface area contributed by atoms with E-state index in [1.165, 1.54) is 0 Å². The molecule has 0 saturated carbocycles. The Labute approximate surface area is 242 Å². The van der Waals surface area contributed by atoms with Crippen molar-refractivity contribution in [1.29, 1.82) is 0 Å². The van der Waals surface area contributed by atoms with Crippen molar-refractivity contribution in [1.82, 2.24) is 0 Å². The van der Waals surface area contributed by atoms with Crippen LogP contribution in [0.5, 0.6) is 0 Å². The van der Waals surface area contributed by atoms with E-state index < -0.39 is 0 Å². The summed E-state index contributed by atoms with van der Waals surface area (Å²) in [5.74, 6) is 0.0718. The van der Waals surface area contributed by atoms with E-state index in [1.807, 2.05) is 0 Å². The van der Waals surface area contributed by atoms with Crippen LogP contribution in [0.15, 0.2) is 12.7 Å². The van der Waals surface area contributed by atoms with Gasteiger partial charge in [-0.05, 0) is 46.0 Å². The van der Waals surface area contributed by atoms with Crippen LogP contribution in [0.2, 0.25) is 0 Å². The highest BCUT2D eigenvalue weighted by Gasteiger charge is 2.30. The Morgan fingerprint density at radius 1 is 0.667 bits per heavy atom. The number of aliphatic hydroxyl groups excluding tert-OH is 1. The van der Waals surface area contributed by atoms with E-state index in [4.69, 9.17) is 28.8 Å². The van der Waals surface area contributed by atoms with Gasteiger partial charge < -0.3 is 38.4 Å². The van der Waals surface area contributed by atoms with Gasteiger partial charge in [0.15, 0.2) is 0 Å². The van der Waals surface area contributed by atoms with Gasteiger partial charge >= 0.3 is 5.97 Å². The van der Waals surface area contributed by atoms with E-state index in [2.05, 4.69) is 6.58 Å². The predicted molar refractivity (Wildman–Crippen MR) is 163 cm³/mol. The van der Waals surface area contributed by atoms with Crippen molar-refractivity contribution >= 4 is 17.5 Å². The molecule has 240 valence electrons. The van der Waals surface area contributed by atoms with Gasteiger partial charge in [0.25, 0.3) is 0 Å². The first-order chi connectivity index (χ1) is 16.7. The Balaban J connectivity index is -0.0000000761. The predicted octanol–water partition coefficient (Wildman–Crippen LogP) is 6.10. The molecule has 0 heterocycles. The smallest absolute Gasteiger partial charge is 0.330 e. The topological polar surface area (TPSA) is 118 Å². The SMILES string of the molecule is C.C.C.C.C=CC(=O)OCCCCCC(C)=O.CC(=O)CCCCCO.COCC(COC)(COC)COC. The zero-order valence-corrected chi connectivity index (χ0v) is 22.9.